The van der Waals surface area contributed by atoms with Crippen LogP contribution in [0.5, 0.6) is 5.75 Å². The molecule has 0 saturated carbocycles. The molecule has 0 spiro atoms. The molecule has 274 valence electrons. The Balaban J connectivity index is 1.54. The highest BCUT2D eigenvalue weighted by molar-refractivity contribution is 9.10. The van der Waals surface area contributed by atoms with Gasteiger partial charge in [0.2, 0.25) is 5.91 Å². The van der Waals surface area contributed by atoms with E-state index in [1.807, 2.05) is 97.1 Å². The Bertz CT molecular complexity index is 2210. The molecule has 54 heavy (non-hydrogen) atoms. The average Bonchev–Trinajstić information content (AvgIpc) is 3.13. The van der Waals surface area contributed by atoms with Crippen molar-refractivity contribution in [3.8, 4) is 39.1 Å². The highest BCUT2D eigenvalue weighted by Gasteiger charge is 2.38. The van der Waals surface area contributed by atoms with Crippen LogP contribution in [0.2, 0.25) is 0 Å². The SMILES string of the molecule is CC(=O)[C@@H](C(=O)Nc1ccccc1-c1c(-c2ccccc2)cccc1-c1ccccc1)[C@@H](c1cccc(Br)c1)c1cc(C(C)(C)C)c(O)c(C(C)(C)C)c1. The molecule has 2 atom stereocenters. The maximum absolute atomic E-state index is 15.0. The van der Waals surface area contributed by atoms with Crippen LogP contribution in [-0.2, 0) is 20.4 Å². The van der Waals surface area contributed by atoms with E-state index in [0.717, 1.165) is 60.1 Å². The lowest BCUT2D eigenvalue weighted by Gasteiger charge is -2.32. The van der Waals surface area contributed by atoms with Crippen molar-refractivity contribution in [1.82, 2.24) is 0 Å². The van der Waals surface area contributed by atoms with Crippen LogP contribution in [0.4, 0.5) is 5.69 Å². The van der Waals surface area contributed by atoms with Crippen molar-refractivity contribution in [3.63, 3.8) is 0 Å². The van der Waals surface area contributed by atoms with Gasteiger partial charge in [0.05, 0.1) is 0 Å². The summed E-state index contributed by atoms with van der Waals surface area (Å²) < 4.78 is 0.842. The highest BCUT2D eigenvalue weighted by Crippen LogP contribution is 2.46. The summed E-state index contributed by atoms with van der Waals surface area (Å²) >= 11 is 3.65. The lowest BCUT2D eigenvalue weighted by Crippen LogP contribution is -2.34. The number of phenolic OH excluding ortho intramolecular Hbond substituents is 1. The predicted molar refractivity (Wildman–Crippen MR) is 227 cm³/mol. The molecular formula is C49H48BrNO3. The minimum atomic E-state index is -1.09. The molecule has 0 aromatic heterocycles. The van der Waals surface area contributed by atoms with E-state index < -0.39 is 28.6 Å². The van der Waals surface area contributed by atoms with Crippen LogP contribution in [0.15, 0.2) is 144 Å². The number of carbonyl (C=O) groups is 2. The van der Waals surface area contributed by atoms with Gasteiger partial charge in [-0.2, -0.15) is 0 Å². The fourth-order valence-electron chi connectivity index (χ4n) is 7.41. The summed E-state index contributed by atoms with van der Waals surface area (Å²) in [5, 5.41) is 14.9. The Hall–Kier alpha value is -5.26. The van der Waals surface area contributed by atoms with Gasteiger partial charge in [-0.05, 0) is 86.0 Å². The van der Waals surface area contributed by atoms with Crippen molar-refractivity contribution in [2.75, 3.05) is 5.32 Å². The van der Waals surface area contributed by atoms with E-state index in [2.05, 4.69) is 105 Å². The fourth-order valence-corrected chi connectivity index (χ4v) is 7.82. The van der Waals surface area contributed by atoms with Crippen LogP contribution in [0, 0.1) is 5.92 Å². The predicted octanol–water partition coefficient (Wildman–Crippen LogP) is 12.7. The largest absolute Gasteiger partial charge is 0.507 e. The number of halogens is 1. The number of nitrogens with one attached hydrogen (secondary N) is 1. The van der Waals surface area contributed by atoms with E-state index in [-0.39, 0.29) is 11.5 Å². The second-order valence-corrected chi connectivity index (χ2v) is 17.0. The summed E-state index contributed by atoms with van der Waals surface area (Å²) in [6, 6.07) is 46.4. The molecule has 0 radical (unpaired) electrons. The quantitative estimate of drug-likeness (QED) is 0.144. The van der Waals surface area contributed by atoms with Crippen molar-refractivity contribution < 1.29 is 14.7 Å². The number of amides is 1. The Labute approximate surface area is 328 Å². The second-order valence-electron chi connectivity index (χ2n) is 16.1. The molecule has 0 aliphatic carbocycles. The van der Waals surface area contributed by atoms with Crippen molar-refractivity contribution in [3.05, 3.63) is 166 Å². The van der Waals surface area contributed by atoms with Crippen LogP contribution >= 0.6 is 15.9 Å². The Morgan fingerprint density at radius 3 is 1.57 bits per heavy atom. The molecule has 6 aromatic rings. The minimum Gasteiger partial charge on any atom is -0.507 e. The van der Waals surface area contributed by atoms with Crippen LogP contribution in [-0.4, -0.2) is 16.8 Å². The summed E-state index contributed by atoms with van der Waals surface area (Å²) in [4.78, 5) is 28.9. The number of Topliss-reactive ketones (excluding diaryl/α,β-unsaturated/α-hetero) is 1. The number of carbonyl (C=O) groups excluding carboxylic acids is 2. The monoisotopic (exact) mass is 777 g/mol. The first-order valence-electron chi connectivity index (χ1n) is 18.4. The maximum Gasteiger partial charge on any atom is 0.235 e. The molecule has 0 aliphatic heterocycles. The van der Waals surface area contributed by atoms with Gasteiger partial charge in [-0.25, -0.2) is 0 Å². The zero-order valence-corrected chi connectivity index (χ0v) is 33.7. The van der Waals surface area contributed by atoms with E-state index >= 15 is 0 Å². The topological polar surface area (TPSA) is 66.4 Å². The molecule has 5 heteroatoms. The van der Waals surface area contributed by atoms with E-state index in [4.69, 9.17) is 0 Å². The normalized spacial score (nSPS) is 12.9. The Morgan fingerprint density at radius 2 is 1.07 bits per heavy atom. The smallest absolute Gasteiger partial charge is 0.235 e. The summed E-state index contributed by atoms with van der Waals surface area (Å²) in [5.41, 5.74) is 8.95. The minimum absolute atomic E-state index is 0.246. The molecule has 0 unspecified atom stereocenters. The van der Waals surface area contributed by atoms with Gasteiger partial charge in [-0.15, -0.1) is 0 Å². The van der Waals surface area contributed by atoms with Gasteiger partial charge >= 0.3 is 0 Å². The molecule has 2 N–H and O–H groups in total. The first-order chi connectivity index (χ1) is 25.6. The van der Waals surface area contributed by atoms with Crippen molar-refractivity contribution >= 4 is 33.3 Å². The van der Waals surface area contributed by atoms with Crippen molar-refractivity contribution in [2.45, 2.75) is 65.2 Å². The molecule has 0 bridgehead atoms. The molecule has 0 heterocycles. The zero-order valence-electron chi connectivity index (χ0n) is 32.1. The van der Waals surface area contributed by atoms with Gasteiger partial charge in [-0.3, -0.25) is 9.59 Å². The van der Waals surface area contributed by atoms with E-state index in [1.54, 1.807) is 0 Å². The lowest BCUT2D eigenvalue weighted by atomic mass is 9.73. The molecule has 6 aromatic carbocycles. The summed E-state index contributed by atoms with van der Waals surface area (Å²) in [5.74, 6) is -2.15. The number of hydrogen-bond acceptors (Lipinski definition) is 3. The standard InChI is InChI=1S/C49H48BrNO3/c1-31(52)43(44(34-22-16-23-36(50)28-34)35-29-40(48(2,3)4)46(53)41(30-35)49(5,6)7)47(54)51-42-27-15-14-24-39(42)45-37(32-18-10-8-11-19-32)25-17-26-38(45)33-20-12-9-13-21-33/h8-30,43-44,53H,1-7H3,(H,51,54)/t43-,44+/m1/s1. The first kappa shape index (κ1) is 38.5. The summed E-state index contributed by atoms with van der Waals surface area (Å²) in [6.07, 6.45) is 0. The molecule has 0 fully saturated rings. The van der Waals surface area contributed by atoms with Crippen LogP contribution in [0.1, 0.15) is 76.6 Å². The molecule has 0 aliphatic rings. The first-order valence-corrected chi connectivity index (χ1v) is 19.2. The molecule has 0 saturated heterocycles. The van der Waals surface area contributed by atoms with Crippen molar-refractivity contribution in [1.29, 1.82) is 0 Å². The number of ketones is 1. The zero-order chi connectivity index (χ0) is 38.8. The van der Waals surface area contributed by atoms with E-state index in [9.17, 15) is 14.7 Å². The lowest BCUT2D eigenvalue weighted by molar-refractivity contribution is -0.130. The summed E-state index contributed by atoms with van der Waals surface area (Å²) in [7, 11) is 0. The molecular weight excluding hydrogens is 730 g/mol. The third-order valence-corrected chi connectivity index (χ3v) is 10.6. The molecule has 1 amide bonds. The van der Waals surface area contributed by atoms with Gasteiger partial charge in [-0.1, -0.05) is 179 Å². The highest BCUT2D eigenvalue weighted by atomic mass is 79.9. The van der Waals surface area contributed by atoms with Gasteiger partial charge in [0, 0.05) is 21.6 Å². The fraction of sp³-hybridized carbons (Fsp3) is 0.224. The van der Waals surface area contributed by atoms with Crippen molar-refractivity contribution in [2.24, 2.45) is 5.92 Å². The average molecular weight is 779 g/mol. The second kappa shape index (κ2) is 15.6. The van der Waals surface area contributed by atoms with E-state index in [1.165, 1.54) is 6.92 Å². The number of phenols is 1. The van der Waals surface area contributed by atoms with E-state index in [0.29, 0.717) is 5.69 Å². The van der Waals surface area contributed by atoms with Gasteiger partial charge in [0.25, 0.3) is 0 Å². The van der Waals surface area contributed by atoms with Crippen LogP contribution < -0.4 is 5.32 Å². The number of rotatable bonds is 9. The summed E-state index contributed by atoms with van der Waals surface area (Å²) in [6.45, 7) is 13.9. The third-order valence-electron chi connectivity index (χ3n) is 10.1. The number of anilines is 1. The maximum atomic E-state index is 15.0. The Kier molecular flexibility index (Phi) is 11.1. The molecule has 6 rings (SSSR count). The number of aromatic hydroxyl groups is 1. The number of hydrogen-bond donors (Lipinski definition) is 2. The van der Waals surface area contributed by atoms with Gasteiger partial charge in [0.15, 0.2) is 0 Å². The van der Waals surface area contributed by atoms with Crippen LogP contribution in [0.25, 0.3) is 33.4 Å². The van der Waals surface area contributed by atoms with Crippen LogP contribution in [0.3, 0.4) is 0 Å². The van der Waals surface area contributed by atoms with Gasteiger partial charge < -0.3 is 10.4 Å². The number of para-hydroxylation sites is 1. The third kappa shape index (κ3) is 8.12. The van der Waals surface area contributed by atoms with Gasteiger partial charge in [0.1, 0.15) is 17.5 Å². The Morgan fingerprint density at radius 1 is 0.593 bits per heavy atom. The molecule has 4 nitrogen and oxygen atoms in total. The number of benzene rings is 6.